The molecule has 7 nitrogen and oxygen atoms in total. The number of para-hydroxylation sites is 1. The van der Waals surface area contributed by atoms with Gasteiger partial charge in [0.15, 0.2) is 10.4 Å². The van der Waals surface area contributed by atoms with Gasteiger partial charge in [0.1, 0.15) is 0 Å². The number of hydrogen-bond donors (Lipinski definition) is 2. The van der Waals surface area contributed by atoms with E-state index < -0.39 is 21.3 Å². The Morgan fingerprint density at radius 2 is 2.00 bits per heavy atom. The minimum Gasteiger partial charge on any atom is -0.300 e. The molecule has 0 spiro atoms. The van der Waals surface area contributed by atoms with E-state index in [-0.39, 0.29) is 16.3 Å². The van der Waals surface area contributed by atoms with Crippen molar-refractivity contribution >= 4 is 42.7 Å². The van der Waals surface area contributed by atoms with Crippen molar-refractivity contribution in [3.05, 3.63) is 59.7 Å². The number of aromatic nitrogens is 1. The second-order valence-corrected chi connectivity index (χ2v) is 7.64. The number of carbonyl (C=O) groups is 1. The van der Waals surface area contributed by atoms with E-state index >= 15 is 0 Å². The van der Waals surface area contributed by atoms with E-state index in [2.05, 4.69) is 10.3 Å². The van der Waals surface area contributed by atoms with Gasteiger partial charge in [-0.15, -0.1) is 0 Å². The van der Waals surface area contributed by atoms with Crippen LogP contribution in [0.5, 0.6) is 0 Å². The van der Waals surface area contributed by atoms with Crippen LogP contribution in [-0.4, -0.2) is 23.9 Å². The van der Waals surface area contributed by atoms with Crippen LogP contribution >= 0.6 is 11.3 Å². The molecule has 9 heteroatoms. The number of nitriles is 1. The van der Waals surface area contributed by atoms with Crippen LogP contribution in [0.4, 0.5) is 5.13 Å². The van der Waals surface area contributed by atoms with Crippen molar-refractivity contribution < 1.29 is 17.8 Å². The monoisotopic (exact) mass is 373 g/mol. The summed E-state index contributed by atoms with van der Waals surface area (Å²) < 4.78 is 33.8. The van der Waals surface area contributed by atoms with Crippen LogP contribution in [0.1, 0.15) is 16.4 Å². The summed E-state index contributed by atoms with van der Waals surface area (Å²) in [4.78, 5) is 16.7. The summed E-state index contributed by atoms with van der Waals surface area (Å²) in [5, 5.41) is 9.72. The molecule has 0 fully saturated rings. The number of anilines is 1. The highest BCUT2D eigenvalue weighted by Gasteiger charge is 2.33. The first-order chi connectivity index (χ1) is 11.9. The molecule has 0 radical (unpaired) electrons. The Morgan fingerprint density at radius 1 is 1.24 bits per heavy atom. The van der Waals surface area contributed by atoms with Gasteiger partial charge in [-0.2, -0.15) is 13.7 Å². The van der Waals surface area contributed by atoms with Crippen molar-refractivity contribution in [2.75, 3.05) is 5.32 Å². The van der Waals surface area contributed by atoms with E-state index in [1.165, 1.54) is 35.6 Å². The molecule has 1 aromatic heterocycles. The fraction of sp³-hybridized carbons (Fsp3) is 0.0625. The van der Waals surface area contributed by atoms with Gasteiger partial charge in [-0.1, -0.05) is 35.6 Å². The van der Waals surface area contributed by atoms with Crippen molar-refractivity contribution in [2.24, 2.45) is 0 Å². The lowest BCUT2D eigenvalue weighted by molar-refractivity contribution is -0.116. The number of nitrogens with one attached hydrogen (secondary N) is 1. The smallest absolute Gasteiger partial charge is 0.281 e. The second kappa shape index (κ2) is 6.60. The number of carbonyl (C=O) groups excluding carboxylic acids is 1. The van der Waals surface area contributed by atoms with Gasteiger partial charge < -0.3 is 5.32 Å². The van der Waals surface area contributed by atoms with Gasteiger partial charge in [0, 0.05) is 0 Å². The highest BCUT2D eigenvalue weighted by molar-refractivity contribution is 7.86. The molecule has 3 rings (SSSR count). The van der Waals surface area contributed by atoms with Crippen molar-refractivity contribution in [1.29, 1.82) is 5.26 Å². The highest BCUT2D eigenvalue weighted by Crippen LogP contribution is 2.28. The lowest BCUT2D eigenvalue weighted by Gasteiger charge is -2.13. The van der Waals surface area contributed by atoms with Gasteiger partial charge in [0.05, 0.1) is 21.8 Å². The van der Waals surface area contributed by atoms with Gasteiger partial charge in [0.2, 0.25) is 0 Å². The maximum Gasteiger partial charge on any atom is 0.281 e. The molecule has 0 saturated carbocycles. The summed E-state index contributed by atoms with van der Waals surface area (Å²) >= 11 is 1.18. The predicted octanol–water partition coefficient (Wildman–Crippen LogP) is 2.74. The predicted molar refractivity (Wildman–Crippen MR) is 93.7 cm³/mol. The Bertz CT molecular complexity index is 1070. The zero-order valence-electron chi connectivity index (χ0n) is 12.6. The molecule has 126 valence electrons. The van der Waals surface area contributed by atoms with Crippen LogP contribution in [0.15, 0.2) is 48.5 Å². The van der Waals surface area contributed by atoms with E-state index in [0.29, 0.717) is 5.52 Å². The largest absolute Gasteiger partial charge is 0.300 e. The number of rotatable bonds is 4. The van der Waals surface area contributed by atoms with Crippen LogP contribution in [0, 0.1) is 11.3 Å². The van der Waals surface area contributed by atoms with Crippen molar-refractivity contribution in [3.63, 3.8) is 0 Å². The zero-order valence-corrected chi connectivity index (χ0v) is 14.2. The molecule has 25 heavy (non-hydrogen) atoms. The lowest BCUT2D eigenvalue weighted by atomic mass is 10.1. The van der Waals surface area contributed by atoms with Gasteiger partial charge in [-0.05, 0) is 29.8 Å². The first-order valence-corrected chi connectivity index (χ1v) is 9.33. The number of benzene rings is 2. The van der Waals surface area contributed by atoms with Crippen molar-refractivity contribution in [1.82, 2.24) is 4.98 Å². The average molecular weight is 373 g/mol. The molecule has 0 aliphatic heterocycles. The fourth-order valence-corrected chi connectivity index (χ4v) is 4.02. The van der Waals surface area contributed by atoms with E-state index in [4.69, 9.17) is 5.26 Å². The maximum absolute atomic E-state index is 12.5. The summed E-state index contributed by atoms with van der Waals surface area (Å²) in [6, 6.07) is 14.6. The number of hydrogen-bond acceptors (Lipinski definition) is 6. The summed E-state index contributed by atoms with van der Waals surface area (Å²) in [6.45, 7) is 0. The number of nitrogens with zero attached hydrogens (tertiary/aromatic N) is 2. The molecule has 2 N–H and O–H groups in total. The zero-order chi connectivity index (χ0) is 18.0. The normalized spacial score (nSPS) is 12.5. The van der Waals surface area contributed by atoms with Crippen LogP contribution in [0.3, 0.4) is 0 Å². The van der Waals surface area contributed by atoms with E-state index in [1.54, 1.807) is 12.1 Å². The molecule has 1 atom stereocenters. The van der Waals surface area contributed by atoms with Crippen LogP contribution in [0.25, 0.3) is 10.2 Å². The minimum absolute atomic E-state index is 0.000149. The van der Waals surface area contributed by atoms with Crippen LogP contribution in [0.2, 0.25) is 0 Å². The van der Waals surface area contributed by atoms with Gasteiger partial charge >= 0.3 is 0 Å². The first kappa shape index (κ1) is 17.0. The van der Waals surface area contributed by atoms with E-state index in [1.807, 2.05) is 18.2 Å². The molecule has 1 heterocycles. The van der Waals surface area contributed by atoms with E-state index in [9.17, 15) is 17.8 Å². The average Bonchev–Trinajstić information content (AvgIpc) is 2.95. The third-order valence-corrected chi connectivity index (χ3v) is 5.41. The Kier molecular flexibility index (Phi) is 4.50. The highest BCUT2D eigenvalue weighted by atomic mass is 32.2. The van der Waals surface area contributed by atoms with Gasteiger partial charge in [-0.25, -0.2) is 4.98 Å². The molecule has 2 aromatic carbocycles. The minimum atomic E-state index is -4.74. The van der Waals surface area contributed by atoms with Crippen LogP contribution in [-0.2, 0) is 14.9 Å². The van der Waals surface area contributed by atoms with Crippen molar-refractivity contribution in [3.8, 4) is 6.07 Å². The molecule has 3 aromatic rings. The standard InChI is InChI=1S/C16H11N3O4S2/c17-9-10-4-3-5-11(8-10)14(25(21,22)23)15(20)19-16-18-12-6-1-2-7-13(12)24-16/h1-8,14H,(H,18,19,20)(H,21,22,23). The van der Waals surface area contributed by atoms with E-state index in [0.717, 1.165) is 4.70 Å². The third kappa shape index (κ3) is 3.66. The maximum atomic E-state index is 12.5. The molecule has 0 bridgehead atoms. The topological polar surface area (TPSA) is 120 Å². The second-order valence-electron chi connectivity index (χ2n) is 5.11. The lowest BCUT2D eigenvalue weighted by Crippen LogP contribution is -2.27. The van der Waals surface area contributed by atoms with Crippen LogP contribution < -0.4 is 5.32 Å². The quantitative estimate of drug-likeness (QED) is 0.679. The van der Waals surface area contributed by atoms with Gasteiger partial charge in [0.25, 0.3) is 16.0 Å². The number of thiazole rings is 1. The molecular formula is C16H11N3O4S2. The third-order valence-electron chi connectivity index (χ3n) is 3.38. The summed E-state index contributed by atoms with van der Waals surface area (Å²) in [5.41, 5.74) is 0.844. The van der Waals surface area contributed by atoms with Crippen molar-refractivity contribution in [2.45, 2.75) is 5.25 Å². The Labute approximate surface area is 147 Å². The van der Waals surface area contributed by atoms with Gasteiger partial charge in [-0.3, -0.25) is 9.35 Å². The Hall–Kier alpha value is -2.80. The summed E-state index contributed by atoms with van der Waals surface area (Å²) in [5.74, 6) is -0.948. The Morgan fingerprint density at radius 3 is 2.68 bits per heavy atom. The molecule has 0 aliphatic carbocycles. The fourth-order valence-electron chi connectivity index (χ4n) is 2.33. The number of amides is 1. The molecule has 0 saturated heterocycles. The summed E-state index contributed by atoms with van der Waals surface area (Å²) in [6.07, 6.45) is 0. The molecular weight excluding hydrogens is 362 g/mol. The molecule has 0 aliphatic rings. The SMILES string of the molecule is N#Cc1cccc(C(C(=O)Nc2nc3ccccc3s2)S(=O)(=O)O)c1. The number of fused-ring (bicyclic) bond motifs is 1. The Balaban J connectivity index is 1.96. The molecule has 1 unspecified atom stereocenters. The summed E-state index contributed by atoms with van der Waals surface area (Å²) in [7, 11) is -4.74. The first-order valence-electron chi connectivity index (χ1n) is 7.01. The molecule has 1 amide bonds.